The Morgan fingerprint density at radius 2 is 1.91 bits per heavy atom. The molecule has 5 heteroatoms. The molecule has 0 heterocycles. The van der Waals surface area contributed by atoms with Crippen LogP contribution in [-0.2, 0) is 4.74 Å². The second kappa shape index (κ2) is 15.7. The molecule has 3 N–H and O–H groups in total. The van der Waals surface area contributed by atoms with E-state index in [9.17, 15) is 9.90 Å². The van der Waals surface area contributed by atoms with Crippen LogP contribution in [0.3, 0.4) is 0 Å². The van der Waals surface area contributed by atoms with Crippen LogP contribution in [0, 0.1) is 0 Å². The summed E-state index contributed by atoms with van der Waals surface area (Å²) >= 11 is 0. The van der Waals surface area contributed by atoms with Gasteiger partial charge in [-0.2, -0.15) is 0 Å². The van der Waals surface area contributed by atoms with Gasteiger partial charge in [-0.05, 0) is 62.1 Å². The zero-order valence-electron chi connectivity index (χ0n) is 21.5. The molecule has 1 rings (SSSR count). The highest BCUT2D eigenvalue weighted by Gasteiger charge is 2.16. The largest absolute Gasteiger partial charge is 0.497 e. The predicted molar refractivity (Wildman–Crippen MR) is 144 cm³/mol. The fraction of sp³-hybridized carbons (Fsp3) is 0.414. The van der Waals surface area contributed by atoms with Crippen molar-refractivity contribution in [3.05, 3.63) is 83.1 Å². The summed E-state index contributed by atoms with van der Waals surface area (Å²) in [5.74, 6) is 0.265. The number of aliphatic hydroxyl groups excluding tert-OH is 1. The van der Waals surface area contributed by atoms with Crippen LogP contribution in [0.2, 0.25) is 0 Å². The number of benzene rings is 1. The minimum Gasteiger partial charge on any atom is -0.497 e. The minimum absolute atomic E-state index is 0.245. The van der Waals surface area contributed by atoms with Crippen molar-refractivity contribution in [2.24, 2.45) is 0 Å². The average Bonchev–Trinajstić information content (AvgIpc) is 2.83. The third kappa shape index (κ3) is 9.44. The number of aliphatic hydroxyl groups is 1. The van der Waals surface area contributed by atoms with E-state index >= 15 is 0 Å². The summed E-state index contributed by atoms with van der Waals surface area (Å²) in [4.78, 5) is 13.0. The molecule has 1 aromatic rings. The SMILES string of the molecule is C=C(OC)c1ccc(C(=O)NC(CO)C(=C)/C=C\C(=C/CCC)NCC)cc1/C=C(/C)CCC. The summed E-state index contributed by atoms with van der Waals surface area (Å²) in [5.41, 5.74) is 5.05. The molecule has 0 aliphatic rings. The summed E-state index contributed by atoms with van der Waals surface area (Å²) in [7, 11) is 1.58. The number of hydrogen-bond acceptors (Lipinski definition) is 4. The van der Waals surface area contributed by atoms with Gasteiger partial charge in [-0.15, -0.1) is 0 Å². The second-order valence-corrected chi connectivity index (χ2v) is 8.27. The number of nitrogens with one attached hydrogen (secondary N) is 2. The molecule has 1 amide bonds. The Bertz CT molecular complexity index is 925. The van der Waals surface area contributed by atoms with E-state index in [0.717, 1.165) is 49.1 Å². The lowest BCUT2D eigenvalue weighted by Gasteiger charge is -2.18. The molecule has 0 saturated carbocycles. The van der Waals surface area contributed by atoms with E-state index < -0.39 is 6.04 Å². The predicted octanol–water partition coefficient (Wildman–Crippen LogP) is 6.00. The highest BCUT2D eigenvalue weighted by molar-refractivity contribution is 5.96. The molecule has 34 heavy (non-hydrogen) atoms. The van der Waals surface area contributed by atoms with Gasteiger partial charge in [-0.25, -0.2) is 0 Å². The van der Waals surface area contributed by atoms with E-state index in [4.69, 9.17) is 4.74 Å². The van der Waals surface area contributed by atoms with Crippen molar-refractivity contribution in [2.75, 3.05) is 20.3 Å². The number of carbonyl (C=O) groups excluding carboxylic acids is 1. The Hall–Kier alpha value is -3.05. The molecule has 0 aromatic heterocycles. The van der Waals surface area contributed by atoms with Crippen molar-refractivity contribution in [1.82, 2.24) is 10.6 Å². The highest BCUT2D eigenvalue weighted by atomic mass is 16.5. The van der Waals surface area contributed by atoms with Gasteiger partial charge in [-0.3, -0.25) is 4.79 Å². The van der Waals surface area contributed by atoms with Gasteiger partial charge in [0.05, 0.1) is 19.8 Å². The van der Waals surface area contributed by atoms with Gasteiger partial charge in [-0.1, -0.05) is 63.6 Å². The van der Waals surface area contributed by atoms with E-state index in [-0.39, 0.29) is 12.5 Å². The van der Waals surface area contributed by atoms with E-state index in [1.54, 1.807) is 13.2 Å². The Labute approximate surface area is 206 Å². The average molecular weight is 467 g/mol. The first kappa shape index (κ1) is 29.0. The zero-order valence-corrected chi connectivity index (χ0v) is 21.5. The standard InChI is InChI=1S/C29H42N2O3/c1-8-11-13-26(30-10-3)16-14-22(5)28(20-32)31-29(33)24-15-17-27(23(6)34-7)25(19-24)18-21(4)12-9-2/h13-19,28,30,32H,5-6,8-12,20H2,1-4,7H3,(H,31,33)/b16-14-,21-18-,26-13+. The summed E-state index contributed by atoms with van der Waals surface area (Å²) in [6.45, 7) is 17.0. The van der Waals surface area contributed by atoms with Crippen molar-refractivity contribution in [3.63, 3.8) is 0 Å². The lowest BCUT2D eigenvalue weighted by atomic mass is 9.98. The van der Waals surface area contributed by atoms with Crippen LogP contribution < -0.4 is 10.6 Å². The van der Waals surface area contributed by atoms with Crippen LogP contribution in [0.1, 0.15) is 74.9 Å². The molecule has 0 aliphatic heterocycles. The molecule has 0 fully saturated rings. The van der Waals surface area contributed by atoms with E-state index in [2.05, 4.69) is 56.7 Å². The number of methoxy groups -OCH3 is 1. The third-order valence-electron chi connectivity index (χ3n) is 5.35. The Kier molecular flexibility index (Phi) is 13.4. The van der Waals surface area contributed by atoms with Crippen molar-refractivity contribution >= 4 is 17.7 Å². The van der Waals surface area contributed by atoms with Crippen LogP contribution in [0.25, 0.3) is 11.8 Å². The van der Waals surface area contributed by atoms with E-state index in [1.807, 2.05) is 31.2 Å². The van der Waals surface area contributed by atoms with Crippen LogP contribution in [0.15, 0.2) is 66.4 Å². The number of unbranched alkanes of at least 4 members (excludes halogenated alkanes) is 1. The number of ether oxygens (including phenoxy) is 1. The summed E-state index contributed by atoms with van der Waals surface area (Å²) in [5, 5.41) is 16.1. The van der Waals surface area contributed by atoms with Gasteiger partial charge >= 0.3 is 0 Å². The Balaban J connectivity index is 3.11. The fourth-order valence-electron chi connectivity index (χ4n) is 3.43. The molecule has 5 nitrogen and oxygen atoms in total. The van der Waals surface area contributed by atoms with Gasteiger partial charge in [0.1, 0.15) is 5.76 Å². The molecule has 0 aliphatic carbocycles. The quantitative estimate of drug-likeness (QED) is 0.219. The monoisotopic (exact) mass is 466 g/mol. The number of amides is 1. The normalized spacial score (nSPS) is 13.0. The summed E-state index contributed by atoms with van der Waals surface area (Å²) in [6.07, 6.45) is 12.0. The molecule has 186 valence electrons. The maximum Gasteiger partial charge on any atom is 0.251 e. The van der Waals surface area contributed by atoms with Crippen LogP contribution >= 0.6 is 0 Å². The molecule has 1 atom stereocenters. The van der Waals surface area contributed by atoms with Gasteiger partial charge in [0.15, 0.2) is 0 Å². The van der Waals surface area contributed by atoms with Crippen molar-refractivity contribution in [3.8, 4) is 0 Å². The van der Waals surface area contributed by atoms with E-state index in [0.29, 0.717) is 16.9 Å². The third-order valence-corrected chi connectivity index (χ3v) is 5.35. The summed E-state index contributed by atoms with van der Waals surface area (Å²) in [6, 6.07) is 4.82. The topological polar surface area (TPSA) is 70.6 Å². The summed E-state index contributed by atoms with van der Waals surface area (Å²) < 4.78 is 5.33. The van der Waals surface area contributed by atoms with Crippen molar-refractivity contribution in [2.45, 2.75) is 59.4 Å². The van der Waals surface area contributed by atoms with Gasteiger partial charge in [0.2, 0.25) is 0 Å². The van der Waals surface area contributed by atoms with Crippen LogP contribution in [0.4, 0.5) is 0 Å². The molecular formula is C29H42N2O3. The zero-order chi connectivity index (χ0) is 25.5. The molecule has 0 saturated heterocycles. The highest BCUT2D eigenvalue weighted by Crippen LogP contribution is 2.24. The van der Waals surface area contributed by atoms with Gasteiger partial charge in [0.25, 0.3) is 5.91 Å². The fourth-order valence-corrected chi connectivity index (χ4v) is 3.43. The lowest BCUT2D eigenvalue weighted by molar-refractivity contribution is 0.0927. The maximum atomic E-state index is 13.0. The van der Waals surface area contributed by atoms with Crippen LogP contribution in [0.5, 0.6) is 0 Å². The first-order chi connectivity index (χ1) is 16.3. The number of rotatable bonds is 15. The van der Waals surface area contributed by atoms with E-state index in [1.165, 1.54) is 5.57 Å². The molecule has 1 aromatic carbocycles. The second-order valence-electron chi connectivity index (χ2n) is 8.27. The van der Waals surface area contributed by atoms with Gasteiger partial charge in [0, 0.05) is 23.4 Å². The Morgan fingerprint density at radius 1 is 1.18 bits per heavy atom. The number of hydrogen-bond donors (Lipinski definition) is 3. The van der Waals surface area contributed by atoms with Crippen LogP contribution in [-0.4, -0.2) is 37.3 Å². The molecule has 0 bridgehead atoms. The number of likely N-dealkylation sites (N-methyl/N-ethyl adjacent to an activating group) is 1. The first-order valence-electron chi connectivity index (χ1n) is 12.1. The minimum atomic E-state index is -0.591. The number of carbonyl (C=O) groups is 1. The van der Waals surface area contributed by atoms with Crippen molar-refractivity contribution < 1.29 is 14.6 Å². The Morgan fingerprint density at radius 3 is 2.50 bits per heavy atom. The molecule has 0 radical (unpaired) electrons. The van der Waals surface area contributed by atoms with Crippen molar-refractivity contribution in [1.29, 1.82) is 0 Å². The maximum absolute atomic E-state index is 13.0. The molecular weight excluding hydrogens is 424 g/mol. The molecule has 1 unspecified atom stereocenters. The smallest absolute Gasteiger partial charge is 0.251 e. The van der Waals surface area contributed by atoms with Gasteiger partial charge < -0.3 is 20.5 Å². The number of allylic oxidation sites excluding steroid dienone is 3. The first-order valence-corrected chi connectivity index (χ1v) is 12.1. The lowest BCUT2D eigenvalue weighted by Crippen LogP contribution is -2.38. The molecule has 0 spiro atoms.